The highest BCUT2D eigenvalue weighted by atomic mass is 32.2. The number of nitriles is 1. The van der Waals surface area contributed by atoms with Crippen LogP contribution in [0.4, 0.5) is 5.69 Å². The van der Waals surface area contributed by atoms with E-state index in [1.165, 1.54) is 0 Å². The number of rotatable bonds is 5. The van der Waals surface area contributed by atoms with Crippen LogP contribution >= 0.6 is 0 Å². The van der Waals surface area contributed by atoms with E-state index in [9.17, 15) is 13.2 Å². The van der Waals surface area contributed by atoms with E-state index in [-0.39, 0.29) is 5.56 Å². The lowest BCUT2D eigenvalue weighted by Crippen LogP contribution is -2.09. The van der Waals surface area contributed by atoms with Gasteiger partial charge in [-0.15, -0.1) is 0 Å². The van der Waals surface area contributed by atoms with Gasteiger partial charge in [-0.25, -0.2) is 8.42 Å². The first-order valence-electron chi connectivity index (χ1n) is 9.22. The van der Waals surface area contributed by atoms with Crippen molar-refractivity contribution in [3.05, 3.63) is 76.8 Å². The first-order valence-corrected chi connectivity index (χ1v) is 11.1. The molecule has 0 aliphatic heterocycles. The second-order valence-electron chi connectivity index (χ2n) is 7.05. The Morgan fingerprint density at radius 3 is 2.52 bits per heavy atom. The Hall–Kier alpha value is -4.03. The highest BCUT2D eigenvalue weighted by molar-refractivity contribution is 7.92. The van der Waals surface area contributed by atoms with Gasteiger partial charge in [0.25, 0.3) is 5.56 Å². The lowest BCUT2D eigenvalue weighted by Gasteiger charge is -2.13. The Kier molecular flexibility index (Phi) is 5.01. The number of sulfonamides is 1. The highest BCUT2D eigenvalue weighted by Gasteiger charge is 2.17. The molecule has 4 rings (SSSR count). The van der Waals surface area contributed by atoms with Crippen molar-refractivity contribution in [3.8, 4) is 28.7 Å². The van der Waals surface area contributed by atoms with Gasteiger partial charge in [0.1, 0.15) is 17.0 Å². The lowest BCUT2D eigenvalue weighted by molar-refractivity contribution is 0.484. The maximum absolute atomic E-state index is 12.3. The topological polar surface area (TPSA) is 117 Å². The van der Waals surface area contributed by atoms with Crippen molar-refractivity contribution in [2.45, 2.75) is 0 Å². The van der Waals surface area contributed by atoms with Gasteiger partial charge in [0.05, 0.1) is 17.9 Å². The third kappa shape index (κ3) is 4.15. The Morgan fingerprint density at radius 2 is 1.84 bits per heavy atom. The third-order valence-electron chi connectivity index (χ3n) is 4.68. The standard InChI is InChI=1S/C22H18N4O4S/c1-26-13-19(17-9-10-24-22(27)21(17)26)18-11-15(25-31(2,28)29)5-8-20(18)30-16-6-3-14(12-23)4-7-16/h3-11,13,25H,1-2H3,(H,24,27). The molecule has 2 heterocycles. The average molecular weight is 434 g/mol. The van der Waals surface area contributed by atoms with Crippen molar-refractivity contribution in [3.63, 3.8) is 0 Å². The number of hydrogen-bond donors (Lipinski definition) is 2. The van der Waals surface area contributed by atoms with Crippen LogP contribution in [0.2, 0.25) is 0 Å². The summed E-state index contributed by atoms with van der Waals surface area (Å²) in [7, 11) is -1.72. The Labute approximate surface area is 178 Å². The van der Waals surface area contributed by atoms with Crippen LogP contribution in [0, 0.1) is 11.3 Å². The number of pyridine rings is 1. The molecule has 2 aromatic heterocycles. The summed E-state index contributed by atoms with van der Waals surface area (Å²) in [6.45, 7) is 0. The summed E-state index contributed by atoms with van der Waals surface area (Å²) in [6.07, 6.45) is 4.43. The van der Waals surface area contributed by atoms with Gasteiger partial charge in [-0.05, 0) is 48.5 Å². The minimum absolute atomic E-state index is 0.230. The van der Waals surface area contributed by atoms with Gasteiger partial charge in [-0.2, -0.15) is 5.26 Å². The molecule has 0 saturated heterocycles. The predicted octanol–water partition coefficient (Wildman–Crippen LogP) is 3.57. The number of aromatic amines is 1. The van der Waals surface area contributed by atoms with Gasteiger partial charge in [-0.1, -0.05) is 0 Å². The monoisotopic (exact) mass is 434 g/mol. The van der Waals surface area contributed by atoms with Crippen LogP contribution in [0.1, 0.15) is 5.56 Å². The summed E-state index contributed by atoms with van der Waals surface area (Å²) >= 11 is 0. The Morgan fingerprint density at radius 1 is 1.10 bits per heavy atom. The summed E-state index contributed by atoms with van der Waals surface area (Å²) in [4.78, 5) is 15.0. The number of nitrogens with zero attached hydrogens (tertiary/aromatic N) is 2. The minimum atomic E-state index is -3.48. The molecule has 0 unspecified atom stereocenters. The van der Waals surface area contributed by atoms with Gasteiger partial charge >= 0.3 is 0 Å². The molecule has 0 aliphatic carbocycles. The number of aromatic nitrogens is 2. The van der Waals surface area contributed by atoms with Crippen molar-refractivity contribution in [1.82, 2.24) is 9.55 Å². The van der Waals surface area contributed by atoms with Gasteiger partial charge in [-0.3, -0.25) is 9.52 Å². The smallest absolute Gasteiger partial charge is 0.272 e. The molecule has 0 spiro atoms. The molecule has 156 valence electrons. The number of nitrogens with one attached hydrogen (secondary N) is 2. The number of aryl methyl sites for hydroxylation is 1. The molecule has 8 nitrogen and oxygen atoms in total. The molecule has 9 heteroatoms. The van der Waals surface area contributed by atoms with Crippen LogP contribution in [0.5, 0.6) is 11.5 Å². The number of benzene rings is 2. The zero-order valence-electron chi connectivity index (χ0n) is 16.7. The Balaban J connectivity index is 1.89. The van der Waals surface area contributed by atoms with Crippen molar-refractivity contribution < 1.29 is 13.2 Å². The fraction of sp³-hybridized carbons (Fsp3) is 0.0909. The van der Waals surface area contributed by atoms with Crippen LogP contribution in [0.25, 0.3) is 22.0 Å². The van der Waals surface area contributed by atoms with E-state index in [0.717, 1.165) is 6.26 Å². The maximum Gasteiger partial charge on any atom is 0.272 e. The largest absolute Gasteiger partial charge is 0.457 e. The van der Waals surface area contributed by atoms with E-state index in [2.05, 4.69) is 15.8 Å². The molecule has 0 amide bonds. The zero-order chi connectivity index (χ0) is 22.2. The average Bonchev–Trinajstić information content (AvgIpc) is 3.06. The summed E-state index contributed by atoms with van der Waals surface area (Å²) in [6, 6.07) is 15.4. The van der Waals surface area contributed by atoms with Gasteiger partial charge in [0, 0.05) is 41.6 Å². The van der Waals surface area contributed by atoms with E-state index in [1.54, 1.807) is 72.5 Å². The van der Waals surface area contributed by atoms with Crippen LogP contribution in [0.15, 0.2) is 65.7 Å². The number of anilines is 1. The first kappa shape index (κ1) is 20.3. The fourth-order valence-corrected chi connectivity index (χ4v) is 3.97. The maximum atomic E-state index is 12.3. The zero-order valence-corrected chi connectivity index (χ0v) is 17.5. The van der Waals surface area contributed by atoms with Crippen LogP contribution in [-0.2, 0) is 17.1 Å². The van der Waals surface area contributed by atoms with Gasteiger partial charge in [0.15, 0.2) is 0 Å². The van der Waals surface area contributed by atoms with Crippen LogP contribution < -0.4 is 15.0 Å². The summed E-state index contributed by atoms with van der Waals surface area (Å²) in [5, 5.41) is 9.68. The lowest BCUT2D eigenvalue weighted by atomic mass is 10.0. The molecule has 2 aromatic carbocycles. The summed E-state index contributed by atoms with van der Waals surface area (Å²) in [5.41, 5.74) is 2.45. The molecule has 0 radical (unpaired) electrons. The second-order valence-corrected chi connectivity index (χ2v) is 8.79. The number of hydrogen-bond acceptors (Lipinski definition) is 5. The van der Waals surface area contributed by atoms with Crippen LogP contribution in [0.3, 0.4) is 0 Å². The van der Waals surface area contributed by atoms with Crippen molar-refractivity contribution >= 4 is 26.6 Å². The Bertz CT molecular complexity index is 1490. The van der Waals surface area contributed by atoms with E-state index < -0.39 is 10.0 Å². The van der Waals surface area contributed by atoms with Crippen molar-refractivity contribution in [2.75, 3.05) is 11.0 Å². The fourth-order valence-electron chi connectivity index (χ4n) is 3.41. The summed E-state index contributed by atoms with van der Waals surface area (Å²) in [5.74, 6) is 0.985. The molecule has 0 bridgehead atoms. The van der Waals surface area contributed by atoms with Gasteiger partial charge < -0.3 is 14.3 Å². The van der Waals surface area contributed by atoms with Crippen LogP contribution in [-0.4, -0.2) is 24.2 Å². The molecule has 2 N–H and O–H groups in total. The van der Waals surface area contributed by atoms with Crippen molar-refractivity contribution in [2.24, 2.45) is 7.05 Å². The van der Waals surface area contributed by atoms with E-state index in [1.807, 2.05) is 0 Å². The second kappa shape index (κ2) is 7.66. The third-order valence-corrected chi connectivity index (χ3v) is 5.29. The van der Waals surface area contributed by atoms with E-state index in [4.69, 9.17) is 10.00 Å². The number of fused-ring (bicyclic) bond motifs is 1. The molecule has 0 aliphatic rings. The van der Waals surface area contributed by atoms with E-state index >= 15 is 0 Å². The quantitative estimate of drug-likeness (QED) is 0.498. The molecule has 4 aromatic rings. The molecule has 0 saturated carbocycles. The molecular formula is C22H18N4O4S. The minimum Gasteiger partial charge on any atom is -0.457 e. The molecule has 31 heavy (non-hydrogen) atoms. The summed E-state index contributed by atoms with van der Waals surface area (Å²) < 4.78 is 33.7. The SMILES string of the molecule is Cn1cc(-c2cc(NS(C)(=O)=O)ccc2Oc2ccc(C#N)cc2)c2cc[nH]c(=O)c21. The molecular weight excluding hydrogens is 416 g/mol. The normalized spacial score (nSPS) is 11.3. The van der Waals surface area contributed by atoms with Crippen molar-refractivity contribution in [1.29, 1.82) is 5.26 Å². The molecule has 0 fully saturated rings. The highest BCUT2D eigenvalue weighted by Crippen LogP contribution is 2.39. The first-order chi connectivity index (χ1) is 14.7. The number of ether oxygens (including phenoxy) is 1. The van der Waals surface area contributed by atoms with Gasteiger partial charge in [0.2, 0.25) is 10.0 Å². The molecule has 0 atom stereocenters. The van der Waals surface area contributed by atoms with E-state index in [0.29, 0.717) is 44.8 Å². The predicted molar refractivity (Wildman–Crippen MR) is 119 cm³/mol. The number of H-pyrrole nitrogens is 1.